The monoisotopic (exact) mass is 355 g/mol. The Morgan fingerprint density at radius 1 is 1.38 bits per heavy atom. The number of aryl methyl sites for hydroxylation is 1. The molecule has 0 aliphatic carbocycles. The number of rotatable bonds is 6. The zero-order valence-electron chi connectivity index (χ0n) is 12.6. The number of carbonyl (C=O) groups excluding carboxylic acids is 2. The van der Waals surface area contributed by atoms with Crippen molar-refractivity contribution in [2.45, 2.75) is 39.2 Å². The number of anilines is 1. The predicted octanol–water partition coefficient (Wildman–Crippen LogP) is 2.33. The Kier molecular flexibility index (Phi) is 6.36. The fourth-order valence-corrected chi connectivity index (χ4v) is 2.17. The Morgan fingerprint density at radius 2 is 2.05 bits per heavy atom. The lowest BCUT2D eigenvalue weighted by Crippen LogP contribution is -2.52. The minimum atomic E-state index is -0.941. The zero-order chi connectivity index (χ0) is 16.0. The number of hydrogen-bond acceptors (Lipinski definition) is 3. The molecule has 6 heteroatoms. The molecular weight excluding hydrogens is 334 g/mol. The Labute approximate surface area is 133 Å². The summed E-state index contributed by atoms with van der Waals surface area (Å²) in [6.45, 7) is 5.47. The molecule has 5 nitrogen and oxygen atoms in total. The maximum absolute atomic E-state index is 11.9. The van der Waals surface area contributed by atoms with Crippen LogP contribution in [-0.2, 0) is 9.59 Å². The van der Waals surface area contributed by atoms with E-state index in [0.717, 1.165) is 16.5 Å². The van der Waals surface area contributed by atoms with Gasteiger partial charge in [-0.1, -0.05) is 29.3 Å². The molecule has 1 rings (SSSR count). The minimum Gasteiger partial charge on any atom is -0.345 e. The molecule has 4 N–H and O–H groups in total. The Balaban J connectivity index is 2.51. The third-order valence-corrected chi connectivity index (χ3v) is 4.03. The SMILES string of the molecule is CCCC(C)(N)C(=O)NCC(=O)Nc1ccc(Br)c(C)c1. The second kappa shape index (κ2) is 7.56. The highest BCUT2D eigenvalue weighted by Crippen LogP contribution is 2.19. The molecule has 1 atom stereocenters. The molecule has 21 heavy (non-hydrogen) atoms. The van der Waals surface area contributed by atoms with E-state index in [1.165, 1.54) is 0 Å². The number of amides is 2. The average molecular weight is 356 g/mol. The van der Waals surface area contributed by atoms with Gasteiger partial charge in [-0.15, -0.1) is 0 Å². The van der Waals surface area contributed by atoms with Gasteiger partial charge in [0.25, 0.3) is 0 Å². The molecule has 0 aliphatic heterocycles. The van der Waals surface area contributed by atoms with E-state index in [0.29, 0.717) is 12.1 Å². The van der Waals surface area contributed by atoms with Crippen LogP contribution in [0.2, 0.25) is 0 Å². The van der Waals surface area contributed by atoms with E-state index in [9.17, 15) is 9.59 Å². The summed E-state index contributed by atoms with van der Waals surface area (Å²) in [6, 6.07) is 5.51. The van der Waals surface area contributed by atoms with Crippen molar-refractivity contribution in [3.05, 3.63) is 28.2 Å². The van der Waals surface area contributed by atoms with Gasteiger partial charge in [0.2, 0.25) is 11.8 Å². The van der Waals surface area contributed by atoms with Crippen LogP contribution in [-0.4, -0.2) is 23.9 Å². The van der Waals surface area contributed by atoms with E-state index < -0.39 is 5.54 Å². The first kappa shape index (κ1) is 17.7. The van der Waals surface area contributed by atoms with Crippen molar-refractivity contribution in [3.8, 4) is 0 Å². The van der Waals surface area contributed by atoms with Crippen LogP contribution >= 0.6 is 15.9 Å². The van der Waals surface area contributed by atoms with Crippen LogP contribution in [0.1, 0.15) is 32.3 Å². The van der Waals surface area contributed by atoms with Crippen molar-refractivity contribution in [2.75, 3.05) is 11.9 Å². The Bertz CT molecular complexity index is 530. The maximum atomic E-state index is 11.9. The van der Waals surface area contributed by atoms with Gasteiger partial charge in [0, 0.05) is 10.2 Å². The average Bonchev–Trinajstić information content (AvgIpc) is 2.40. The molecule has 0 aliphatic rings. The van der Waals surface area contributed by atoms with Gasteiger partial charge in [-0.25, -0.2) is 0 Å². The molecule has 0 bridgehead atoms. The van der Waals surface area contributed by atoms with E-state index in [1.54, 1.807) is 13.0 Å². The standard InChI is InChI=1S/C15H22BrN3O2/c1-4-7-15(3,17)14(21)18-9-13(20)19-11-5-6-12(16)10(2)8-11/h5-6,8H,4,7,9,17H2,1-3H3,(H,18,21)(H,19,20). The summed E-state index contributed by atoms with van der Waals surface area (Å²) in [5.74, 6) is -0.594. The summed E-state index contributed by atoms with van der Waals surface area (Å²) < 4.78 is 0.979. The van der Waals surface area contributed by atoms with Crippen molar-refractivity contribution < 1.29 is 9.59 Å². The smallest absolute Gasteiger partial charge is 0.243 e. The molecular formula is C15H22BrN3O2. The highest BCUT2D eigenvalue weighted by Gasteiger charge is 2.27. The number of carbonyl (C=O) groups is 2. The molecule has 1 aromatic rings. The van der Waals surface area contributed by atoms with Crippen molar-refractivity contribution in [1.82, 2.24) is 5.32 Å². The fourth-order valence-electron chi connectivity index (χ4n) is 1.92. The lowest BCUT2D eigenvalue weighted by atomic mass is 9.96. The molecule has 0 saturated carbocycles. The third kappa shape index (κ3) is 5.47. The second-order valence-electron chi connectivity index (χ2n) is 5.36. The van der Waals surface area contributed by atoms with Gasteiger partial charge in [0.1, 0.15) is 0 Å². The van der Waals surface area contributed by atoms with Crippen LogP contribution < -0.4 is 16.4 Å². The van der Waals surface area contributed by atoms with Crippen molar-refractivity contribution >= 4 is 33.4 Å². The molecule has 0 heterocycles. The first-order valence-electron chi connectivity index (χ1n) is 6.89. The number of hydrogen-bond donors (Lipinski definition) is 3. The highest BCUT2D eigenvalue weighted by atomic mass is 79.9. The Morgan fingerprint density at radius 3 is 2.62 bits per heavy atom. The number of nitrogens with one attached hydrogen (secondary N) is 2. The van der Waals surface area contributed by atoms with Crippen molar-refractivity contribution in [1.29, 1.82) is 0 Å². The van der Waals surface area contributed by atoms with Gasteiger partial charge in [-0.05, 0) is 44.0 Å². The molecule has 0 spiro atoms. The molecule has 0 aromatic heterocycles. The molecule has 1 aromatic carbocycles. The van der Waals surface area contributed by atoms with E-state index in [4.69, 9.17) is 5.73 Å². The number of nitrogens with two attached hydrogens (primary N) is 1. The van der Waals surface area contributed by atoms with Crippen LogP contribution in [0.3, 0.4) is 0 Å². The summed E-state index contributed by atoms with van der Waals surface area (Å²) in [5, 5.41) is 5.30. The topological polar surface area (TPSA) is 84.2 Å². The zero-order valence-corrected chi connectivity index (χ0v) is 14.2. The summed E-state index contributed by atoms with van der Waals surface area (Å²) in [5.41, 5.74) is 6.67. The molecule has 0 saturated heterocycles. The summed E-state index contributed by atoms with van der Waals surface area (Å²) >= 11 is 3.40. The Hall–Kier alpha value is -1.40. The van der Waals surface area contributed by atoms with E-state index in [-0.39, 0.29) is 18.4 Å². The van der Waals surface area contributed by atoms with Gasteiger partial charge >= 0.3 is 0 Å². The molecule has 116 valence electrons. The van der Waals surface area contributed by atoms with E-state index in [2.05, 4.69) is 26.6 Å². The first-order valence-corrected chi connectivity index (χ1v) is 7.68. The summed E-state index contributed by atoms with van der Waals surface area (Å²) in [6.07, 6.45) is 1.39. The van der Waals surface area contributed by atoms with Gasteiger partial charge in [0.15, 0.2) is 0 Å². The largest absolute Gasteiger partial charge is 0.345 e. The number of benzene rings is 1. The van der Waals surface area contributed by atoms with Crippen LogP contribution in [0.25, 0.3) is 0 Å². The maximum Gasteiger partial charge on any atom is 0.243 e. The summed E-state index contributed by atoms with van der Waals surface area (Å²) in [4.78, 5) is 23.7. The quantitative estimate of drug-likeness (QED) is 0.731. The van der Waals surface area contributed by atoms with Crippen molar-refractivity contribution in [3.63, 3.8) is 0 Å². The first-order chi connectivity index (χ1) is 9.76. The minimum absolute atomic E-state index is 0.0928. The normalized spacial score (nSPS) is 13.4. The van der Waals surface area contributed by atoms with Crippen LogP contribution in [0.4, 0.5) is 5.69 Å². The second-order valence-corrected chi connectivity index (χ2v) is 6.22. The third-order valence-electron chi connectivity index (χ3n) is 3.14. The van der Waals surface area contributed by atoms with E-state index >= 15 is 0 Å². The molecule has 1 unspecified atom stereocenters. The van der Waals surface area contributed by atoms with E-state index in [1.807, 2.05) is 26.0 Å². The lowest BCUT2D eigenvalue weighted by molar-refractivity contribution is -0.128. The van der Waals surface area contributed by atoms with Gasteiger partial charge in [0.05, 0.1) is 12.1 Å². The highest BCUT2D eigenvalue weighted by molar-refractivity contribution is 9.10. The van der Waals surface area contributed by atoms with Gasteiger partial charge in [-0.2, -0.15) is 0 Å². The van der Waals surface area contributed by atoms with Crippen LogP contribution in [0.15, 0.2) is 22.7 Å². The molecule has 0 fully saturated rings. The lowest BCUT2D eigenvalue weighted by Gasteiger charge is -2.22. The molecule has 0 radical (unpaired) electrons. The van der Waals surface area contributed by atoms with Gasteiger partial charge in [-0.3, -0.25) is 9.59 Å². The number of halogens is 1. The van der Waals surface area contributed by atoms with Gasteiger partial charge < -0.3 is 16.4 Å². The molecule has 2 amide bonds. The van der Waals surface area contributed by atoms with Crippen LogP contribution in [0, 0.1) is 6.92 Å². The van der Waals surface area contributed by atoms with Crippen molar-refractivity contribution in [2.24, 2.45) is 5.73 Å². The summed E-state index contributed by atoms with van der Waals surface area (Å²) in [7, 11) is 0. The predicted molar refractivity (Wildman–Crippen MR) is 88.0 cm³/mol. The van der Waals surface area contributed by atoms with Crippen LogP contribution in [0.5, 0.6) is 0 Å². The fraction of sp³-hybridized carbons (Fsp3) is 0.467.